The number of carbonyl (C=O) groups is 1. The zero-order chi connectivity index (χ0) is 13.4. The summed E-state index contributed by atoms with van der Waals surface area (Å²) < 4.78 is 1.91. The van der Waals surface area contributed by atoms with Gasteiger partial charge in [-0.2, -0.15) is 0 Å². The molecule has 0 saturated heterocycles. The Bertz CT molecular complexity index is 689. The van der Waals surface area contributed by atoms with Gasteiger partial charge in [-0.25, -0.2) is 0 Å². The average molecular weight is 277 g/mol. The van der Waals surface area contributed by atoms with Crippen molar-refractivity contribution in [1.29, 1.82) is 0 Å². The lowest BCUT2D eigenvalue weighted by atomic mass is 10.2. The molecular formula is C13H13ClN4O. The van der Waals surface area contributed by atoms with Crippen molar-refractivity contribution < 1.29 is 4.79 Å². The van der Waals surface area contributed by atoms with Crippen LogP contribution in [0.5, 0.6) is 0 Å². The Balaban J connectivity index is 2.15. The molecule has 3 N–H and O–H groups in total. The van der Waals surface area contributed by atoms with E-state index in [1.807, 2.05) is 16.7 Å². The Labute approximate surface area is 115 Å². The van der Waals surface area contributed by atoms with E-state index < -0.39 is 5.91 Å². The minimum atomic E-state index is -0.452. The van der Waals surface area contributed by atoms with E-state index in [-0.39, 0.29) is 0 Å². The Hall–Kier alpha value is -2.01. The van der Waals surface area contributed by atoms with Crippen LogP contribution in [0.4, 0.5) is 0 Å². The van der Waals surface area contributed by atoms with Crippen molar-refractivity contribution in [2.45, 2.75) is 6.54 Å². The van der Waals surface area contributed by atoms with Gasteiger partial charge < -0.3 is 15.6 Å². The van der Waals surface area contributed by atoms with E-state index in [1.54, 1.807) is 12.3 Å². The zero-order valence-electron chi connectivity index (χ0n) is 10.2. The fraction of sp³-hybridized carbons (Fsp3) is 0.231. The van der Waals surface area contributed by atoms with Crippen LogP contribution in [0.25, 0.3) is 10.9 Å². The van der Waals surface area contributed by atoms with E-state index >= 15 is 0 Å². The molecule has 1 aromatic heterocycles. The number of nitrogens with zero attached hydrogens (tertiary/aromatic N) is 2. The van der Waals surface area contributed by atoms with Crippen molar-refractivity contribution in [3.05, 3.63) is 35.0 Å². The van der Waals surface area contributed by atoms with Crippen LogP contribution in [0.2, 0.25) is 5.02 Å². The molecule has 0 unspecified atom stereocenters. The molecular weight excluding hydrogens is 264 g/mol. The fourth-order valence-electron chi connectivity index (χ4n) is 2.35. The molecule has 1 amide bonds. The van der Waals surface area contributed by atoms with Gasteiger partial charge in [-0.1, -0.05) is 23.7 Å². The predicted molar refractivity (Wildman–Crippen MR) is 75.8 cm³/mol. The number of hydrogen-bond acceptors (Lipinski definition) is 3. The first-order valence-electron chi connectivity index (χ1n) is 6.01. The Kier molecular flexibility index (Phi) is 2.91. The summed E-state index contributed by atoms with van der Waals surface area (Å²) >= 11 is 6.23. The number of primary amides is 1. The molecule has 0 bridgehead atoms. The first-order valence-corrected chi connectivity index (χ1v) is 6.39. The van der Waals surface area contributed by atoms with Crippen molar-refractivity contribution in [1.82, 2.24) is 9.88 Å². The van der Waals surface area contributed by atoms with Gasteiger partial charge in [0.15, 0.2) is 0 Å². The van der Waals surface area contributed by atoms with Gasteiger partial charge in [0.05, 0.1) is 29.2 Å². The van der Waals surface area contributed by atoms with E-state index in [0.29, 0.717) is 17.1 Å². The summed E-state index contributed by atoms with van der Waals surface area (Å²) in [6.07, 6.45) is 1.74. The lowest BCUT2D eigenvalue weighted by Gasteiger charge is -2.06. The summed E-state index contributed by atoms with van der Waals surface area (Å²) in [4.78, 5) is 15.8. The number of aromatic nitrogens is 1. The highest BCUT2D eigenvalue weighted by molar-refractivity contribution is 6.35. The van der Waals surface area contributed by atoms with Crippen LogP contribution in [0.15, 0.2) is 29.4 Å². The third-order valence-corrected chi connectivity index (χ3v) is 3.48. The van der Waals surface area contributed by atoms with Crippen LogP contribution >= 0.6 is 11.6 Å². The van der Waals surface area contributed by atoms with Crippen LogP contribution < -0.4 is 11.1 Å². The summed E-state index contributed by atoms with van der Waals surface area (Å²) in [6.45, 7) is 2.20. The molecule has 2 aromatic rings. The van der Waals surface area contributed by atoms with Crippen molar-refractivity contribution in [3.8, 4) is 0 Å². The molecule has 1 aliphatic rings. The smallest absolute Gasteiger partial charge is 0.250 e. The molecule has 0 aliphatic carbocycles. The van der Waals surface area contributed by atoms with E-state index in [0.717, 1.165) is 29.8 Å². The Morgan fingerprint density at radius 3 is 3.05 bits per heavy atom. The summed E-state index contributed by atoms with van der Waals surface area (Å²) in [5, 5.41) is 4.57. The number of fused-ring (bicyclic) bond motifs is 1. The number of carbonyl (C=O) groups excluding carboxylic acids is 1. The lowest BCUT2D eigenvalue weighted by Crippen LogP contribution is -2.23. The Morgan fingerprint density at radius 1 is 1.53 bits per heavy atom. The van der Waals surface area contributed by atoms with Gasteiger partial charge in [-0.15, -0.1) is 0 Å². The molecule has 3 rings (SSSR count). The molecule has 2 heterocycles. The minimum absolute atomic E-state index is 0.452. The van der Waals surface area contributed by atoms with Crippen LogP contribution in [0.3, 0.4) is 0 Å². The molecule has 19 heavy (non-hydrogen) atoms. The largest absolute Gasteiger partial charge is 0.370 e. The zero-order valence-corrected chi connectivity index (χ0v) is 10.9. The average Bonchev–Trinajstić information content (AvgIpc) is 2.98. The third-order valence-electron chi connectivity index (χ3n) is 3.18. The molecule has 6 heteroatoms. The first-order chi connectivity index (χ1) is 9.16. The van der Waals surface area contributed by atoms with Gasteiger partial charge in [-0.3, -0.25) is 9.79 Å². The van der Waals surface area contributed by atoms with Crippen molar-refractivity contribution in [3.63, 3.8) is 0 Å². The summed E-state index contributed by atoms with van der Waals surface area (Å²) in [7, 11) is 0. The second kappa shape index (κ2) is 4.59. The fourth-order valence-corrected chi connectivity index (χ4v) is 2.63. The van der Waals surface area contributed by atoms with E-state index in [9.17, 15) is 4.79 Å². The highest BCUT2D eigenvalue weighted by Gasteiger charge is 2.16. The number of amidine groups is 1. The standard InChI is InChI=1S/C13H13ClN4O/c14-10-3-1-2-8-9(13(15)19)6-18(12(8)10)7-11-16-4-5-17-11/h1-3,6H,4-5,7H2,(H2,15,19)(H,16,17). The third kappa shape index (κ3) is 2.06. The van der Waals surface area contributed by atoms with Crippen LogP contribution in [0, 0.1) is 0 Å². The normalized spacial score (nSPS) is 14.5. The predicted octanol–water partition coefficient (Wildman–Crippen LogP) is 1.40. The highest BCUT2D eigenvalue weighted by Crippen LogP contribution is 2.28. The first kappa shape index (κ1) is 12.0. The molecule has 0 fully saturated rings. The number of para-hydroxylation sites is 1. The van der Waals surface area contributed by atoms with Crippen molar-refractivity contribution >= 4 is 34.2 Å². The number of amides is 1. The topological polar surface area (TPSA) is 72.4 Å². The molecule has 0 radical (unpaired) electrons. The van der Waals surface area contributed by atoms with E-state index in [1.165, 1.54) is 0 Å². The molecule has 0 saturated carbocycles. The maximum Gasteiger partial charge on any atom is 0.250 e. The van der Waals surface area contributed by atoms with Gasteiger partial charge >= 0.3 is 0 Å². The van der Waals surface area contributed by atoms with Crippen molar-refractivity contribution in [2.24, 2.45) is 10.7 Å². The highest BCUT2D eigenvalue weighted by atomic mass is 35.5. The maximum atomic E-state index is 11.5. The molecule has 0 spiro atoms. The van der Waals surface area contributed by atoms with E-state index in [2.05, 4.69) is 10.3 Å². The molecule has 5 nitrogen and oxygen atoms in total. The van der Waals surface area contributed by atoms with Crippen LogP contribution in [-0.2, 0) is 6.54 Å². The monoisotopic (exact) mass is 276 g/mol. The second-order valence-electron chi connectivity index (χ2n) is 4.43. The molecule has 1 aliphatic heterocycles. The number of halogens is 1. The number of nitrogens with one attached hydrogen (secondary N) is 1. The van der Waals surface area contributed by atoms with Gasteiger partial charge in [0.1, 0.15) is 5.84 Å². The molecule has 1 aromatic carbocycles. The lowest BCUT2D eigenvalue weighted by molar-refractivity contribution is 0.100. The summed E-state index contributed by atoms with van der Waals surface area (Å²) in [5.74, 6) is 0.445. The molecule has 98 valence electrons. The number of hydrogen-bond donors (Lipinski definition) is 2. The number of aliphatic imine (C=N–C) groups is 1. The van der Waals surface area contributed by atoms with Gasteiger partial charge in [0.25, 0.3) is 5.91 Å². The van der Waals surface area contributed by atoms with Gasteiger partial charge in [0.2, 0.25) is 0 Å². The van der Waals surface area contributed by atoms with Crippen molar-refractivity contribution in [2.75, 3.05) is 13.1 Å². The van der Waals surface area contributed by atoms with Gasteiger partial charge in [-0.05, 0) is 6.07 Å². The second-order valence-corrected chi connectivity index (χ2v) is 4.83. The Morgan fingerprint density at radius 2 is 2.37 bits per heavy atom. The minimum Gasteiger partial charge on any atom is -0.370 e. The molecule has 0 atom stereocenters. The van der Waals surface area contributed by atoms with Gasteiger partial charge in [0, 0.05) is 18.1 Å². The summed E-state index contributed by atoms with van der Waals surface area (Å²) in [5.41, 5.74) is 6.71. The number of rotatable bonds is 3. The number of nitrogens with two attached hydrogens (primary N) is 1. The maximum absolute atomic E-state index is 11.5. The van der Waals surface area contributed by atoms with Crippen LogP contribution in [-0.4, -0.2) is 29.4 Å². The number of benzene rings is 1. The van der Waals surface area contributed by atoms with E-state index in [4.69, 9.17) is 17.3 Å². The SMILES string of the molecule is NC(=O)c1cn(CC2=NCCN2)c2c(Cl)cccc12. The quantitative estimate of drug-likeness (QED) is 0.889. The summed E-state index contributed by atoms with van der Waals surface area (Å²) in [6, 6.07) is 5.46. The van der Waals surface area contributed by atoms with Crippen LogP contribution in [0.1, 0.15) is 10.4 Å².